The van der Waals surface area contributed by atoms with E-state index in [0.717, 1.165) is 5.56 Å². The van der Waals surface area contributed by atoms with Gasteiger partial charge < -0.3 is 5.11 Å². The molecule has 1 aromatic rings. The molecular weight excluding hydrogens is 199 g/mol. The van der Waals surface area contributed by atoms with E-state index in [1.165, 1.54) is 0 Å². The van der Waals surface area contributed by atoms with E-state index in [-0.39, 0.29) is 23.2 Å². The number of aliphatic carboxylic acids is 1. The van der Waals surface area contributed by atoms with Crippen LogP contribution in [0.15, 0.2) is 30.3 Å². The molecule has 0 heterocycles. The molecule has 0 amide bonds. The fourth-order valence-corrected chi connectivity index (χ4v) is 0.896. The fraction of sp³-hybridized carbons (Fsp3) is 0.222. The van der Waals surface area contributed by atoms with E-state index >= 15 is 0 Å². The largest absolute Gasteiger partial charge is 0.481 e. The van der Waals surface area contributed by atoms with E-state index in [4.69, 9.17) is 5.11 Å². The first-order valence-electron chi connectivity index (χ1n) is 3.55. The van der Waals surface area contributed by atoms with Crippen LogP contribution < -0.4 is 0 Å². The van der Waals surface area contributed by atoms with Crippen LogP contribution in [0.5, 0.6) is 0 Å². The maximum atomic E-state index is 10.2. The molecule has 1 aromatic carbocycles. The molecule has 2 nitrogen and oxygen atoms in total. The first-order valence-corrected chi connectivity index (χ1v) is 3.55. The summed E-state index contributed by atoms with van der Waals surface area (Å²) >= 11 is 0. The molecule has 0 bridgehead atoms. The van der Waals surface area contributed by atoms with Gasteiger partial charge in [-0.1, -0.05) is 30.3 Å². The van der Waals surface area contributed by atoms with Crippen LogP contribution in [0.4, 0.5) is 0 Å². The Balaban J connectivity index is 0.00000121. The third-order valence-corrected chi connectivity index (χ3v) is 1.47. The first kappa shape index (κ1) is 11.2. The zero-order chi connectivity index (χ0) is 8.10. The van der Waals surface area contributed by atoms with E-state index in [2.05, 4.69) is 0 Å². The summed E-state index contributed by atoms with van der Waals surface area (Å²) in [7, 11) is 0. The van der Waals surface area contributed by atoms with Crippen molar-refractivity contribution in [3.05, 3.63) is 35.9 Å². The molecule has 0 saturated heterocycles. The average molecular weight is 209 g/mol. The molecule has 0 aliphatic heterocycles. The van der Waals surface area contributed by atoms with Crippen LogP contribution in [0.3, 0.4) is 0 Å². The van der Waals surface area contributed by atoms with Crippen LogP contribution in [0.2, 0.25) is 0 Å². The quantitative estimate of drug-likeness (QED) is 0.822. The Morgan fingerprint density at radius 3 is 2.33 bits per heavy atom. The number of hydrogen-bond donors (Lipinski definition) is 1. The number of carboxylic acids is 1. The number of rotatable bonds is 3. The van der Waals surface area contributed by atoms with Crippen LogP contribution in [-0.2, 0) is 28.0 Å². The van der Waals surface area contributed by atoms with Gasteiger partial charge in [0.15, 0.2) is 0 Å². The Kier molecular flexibility index (Phi) is 5.41. The van der Waals surface area contributed by atoms with Gasteiger partial charge in [0.1, 0.15) is 0 Å². The van der Waals surface area contributed by atoms with Crippen molar-refractivity contribution in [2.45, 2.75) is 12.8 Å². The standard InChI is InChI=1S/C9H10O2.Co/c10-9(11)7-6-8-4-2-1-3-5-8;/h1-5H,6-7H2,(H,10,11);. The molecule has 1 rings (SSSR count). The molecule has 0 unspecified atom stereocenters. The summed E-state index contributed by atoms with van der Waals surface area (Å²) in [6.45, 7) is 0. The van der Waals surface area contributed by atoms with E-state index in [0.29, 0.717) is 6.42 Å². The van der Waals surface area contributed by atoms with Crippen LogP contribution in [0, 0.1) is 0 Å². The maximum absolute atomic E-state index is 10.2. The number of carbonyl (C=O) groups is 1. The second-order valence-corrected chi connectivity index (χ2v) is 2.38. The third kappa shape index (κ3) is 4.15. The van der Waals surface area contributed by atoms with Gasteiger partial charge >= 0.3 is 5.97 Å². The Hall–Kier alpha value is -0.804. The van der Waals surface area contributed by atoms with Crippen molar-refractivity contribution in [3.8, 4) is 0 Å². The van der Waals surface area contributed by atoms with E-state index < -0.39 is 5.97 Å². The predicted octanol–water partition coefficient (Wildman–Crippen LogP) is 1.70. The molecule has 0 aromatic heterocycles. The predicted molar refractivity (Wildman–Crippen MR) is 42.4 cm³/mol. The molecule has 67 valence electrons. The molecule has 1 radical (unpaired) electrons. The summed E-state index contributed by atoms with van der Waals surface area (Å²) in [5, 5.41) is 8.37. The zero-order valence-corrected chi connectivity index (χ0v) is 7.53. The number of hydrogen-bond acceptors (Lipinski definition) is 1. The third-order valence-electron chi connectivity index (χ3n) is 1.47. The van der Waals surface area contributed by atoms with Gasteiger partial charge in [-0.05, 0) is 12.0 Å². The molecule has 0 atom stereocenters. The van der Waals surface area contributed by atoms with Crippen molar-refractivity contribution < 1.29 is 26.7 Å². The minimum Gasteiger partial charge on any atom is -0.481 e. The normalized spacial score (nSPS) is 8.67. The van der Waals surface area contributed by atoms with Gasteiger partial charge in [0.25, 0.3) is 0 Å². The van der Waals surface area contributed by atoms with Crippen molar-refractivity contribution in [3.63, 3.8) is 0 Å². The van der Waals surface area contributed by atoms with E-state index in [1.807, 2.05) is 30.3 Å². The molecule has 1 N–H and O–H groups in total. The number of carboxylic acid groups (broad SMARTS) is 1. The fourth-order valence-electron chi connectivity index (χ4n) is 0.896. The molecule has 0 fully saturated rings. The van der Waals surface area contributed by atoms with Gasteiger partial charge in [0.2, 0.25) is 0 Å². The molecular formula is C9H10CoO2. The van der Waals surface area contributed by atoms with Crippen LogP contribution in [0.1, 0.15) is 12.0 Å². The Morgan fingerprint density at radius 2 is 1.83 bits per heavy atom. The summed E-state index contributed by atoms with van der Waals surface area (Å²) in [4.78, 5) is 10.2. The van der Waals surface area contributed by atoms with Gasteiger partial charge in [-0.25, -0.2) is 0 Å². The second kappa shape index (κ2) is 5.80. The van der Waals surface area contributed by atoms with Crippen LogP contribution in [0.25, 0.3) is 0 Å². The van der Waals surface area contributed by atoms with Crippen molar-refractivity contribution in [1.82, 2.24) is 0 Å². The van der Waals surface area contributed by atoms with E-state index in [9.17, 15) is 4.79 Å². The van der Waals surface area contributed by atoms with Crippen molar-refractivity contribution in [2.24, 2.45) is 0 Å². The zero-order valence-electron chi connectivity index (χ0n) is 6.49. The van der Waals surface area contributed by atoms with Crippen molar-refractivity contribution in [1.29, 1.82) is 0 Å². The summed E-state index contributed by atoms with van der Waals surface area (Å²) in [5.74, 6) is -0.742. The van der Waals surface area contributed by atoms with Crippen molar-refractivity contribution in [2.75, 3.05) is 0 Å². The first-order chi connectivity index (χ1) is 5.29. The summed E-state index contributed by atoms with van der Waals surface area (Å²) in [6, 6.07) is 9.62. The second-order valence-electron chi connectivity index (χ2n) is 2.38. The topological polar surface area (TPSA) is 37.3 Å². The van der Waals surface area contributed by atoms with Crippen LogP contribution >= 0.6 is 0 Å². The molecule has 0 aliphatic rings. The van der Waals surface area contributed by atoms with Gasteiger partial charge in [0.05, 0.1) is 0 Å². The van der Waals surface area contributed by atoms with Crippen molar-refractivity contribution >= 4 is 5.97 Å². The Bertz CT molecular complexity index is 234. The van der Waals surface area contributed by atoms with Gasteiger partial charge in [0, 0.05) is 23.2 Å². The van der Waals surface area contributed by atoms with Gasteiger partial charge in [-0.15, -0.1) is 0 Å². The Morgan fingerprint density at radius 1 is 1.25 bits per heavy atom. The molecule has 12 heavy (non-hydrogen) atoms. The van der Waals surface area contributed by atoms with Gasteiger partial charge in [-0.2, -0.15) is 0 Å². The molecule has 3 heteroatoms. The van der Waals surface area contributed by atoms with Gasteiger partial charge in [-0.3, -0.25) is 4.79 Å². The SMILES string of the molecule is O=C(O)CCc1ccccc1.[Co]. The number of aryl methyl sites for hydroxylation is 1. The molecule has 0 aliphatic carbocycles. The minimum atomic E-state index is -0.742. The summed E-state index contributed by atoms with van der Waals surface area (Å²) < 4.78 is 0. The minimum absolute atomic E-state index is 0. The maximum Gasteiger partial charge on any atom is 0.303 e. The molecule has 0 spiro atoms. The smallest absolute Gasteiger partial charge is 0.303 e. The van der Waals surface area contributed by atoms with E-state index in [1.54, 1.807) is 0 Å². The number of benzene rings is 1. The summed E-state index contributed by atoms with van der Waals surface area (Å²) in [6.07, 6.45) is 0.834. The monoisotopic (exact) mass is 209 g/mol. The molecule has 0 saturated carbocycles. The summed E-state index contributed by atoms with van der Waals surface area (Å²) in [5.41, 5.74) is 1.08. The van der Waals surface area contributed by atoms with Crippen LogP contribution in [-0.4, -0.2) is 11.1 Å². The average Bonchev–Trinajstić information content (AvgIpc) is 2.03. The Labute approximate surface area is 81.8 Å².